The van der Waals surface area contributed by atoms with Gasteiger partial charge in [0, 0.05) is 18.7 Å². The summed E-state index contributed by atoms with van der Waals surface area (Å²) in [6.45, 7) is 1.82. The predicted molar refractivity (Wildman–Crippen MR) is 91.9 cm³/mol. The van der Waals surface area contributed by atoms with E-state index in [1.165, 1.54) is 18.2 Å². The van der Waals surface area contributed by atoms with E-state index in [-0.39, 0.29) is 36.2 Å². The first-order valence-corrected chi connectivity index (χ1v) is 8.82. The van der Waals surface area contributed by atoms with Gasteiger partial charge in [0.05, 0.1) is 6.61 Å². The summed E-state index contributed by atoms with van der Waals surface area (Å²) in [5.41, 5.74) is 0.0115. The van der Waals surface area contributed by atoms with Gasteiger partial charge in [0.25, 0.3) is 11.8 Å². The highest BCUT2D eigenvalue weighted by Gasteiger charge is 2.28. The minimum absolute atomic E-state index is 0.0115. The van der Waals surface area contributed by atoms with Gasteiger partial charge >= 0.3 is 6.18 Å². The molecule has 1 aliphatic heterocycles. The zero-order valence-electron chi connectivity index (χ0n) is 15.1. The Morgan fingerprint density at radius 3 is 2.44 bits per heavy atom. The second kappa shape index (κ2) is 9.48. The van der Waals surface area contributed by atoms with Crippen molar-refractivity contribution in [2.24, 2.45) is 0 Å². The number of carbonyl (C=O) groups excluding carboxylic acids is 2. The van der Waals surface area contributed by atoms with Gasteiger partial charge in [-0.1, -0.05) is 0 Å². The van der Waals surface area contributed by atoms with E-state index in [2.05, 4.69) is 0 Å². The molecule has 0 saturated carbocycles. The molecule has 150 valence electrons. The average Bonchev–Trinajstić information content (AvgIpc) is 2.65. The van der Waals surface area contributed by atoms with E-state index < -0.39 is 18.6 Å². The van der Waals surface area contributed by atoms with Gasteiger partial charge in [-0.3, -0.25) is 9.59 Å². The van der Waals surface area contributed by atoms with E-state index in [1.807, 2.05) is 0 Å². The first-order chi connectivity index (χ1) is 12.8. The SMILES string of the molecule is CCOc1cc(C(=O)NCC(F)(F)F)ccc1OCC(=O)N1CCCCC1. The molecule has 0 unspecified atom stereocenters. The predicted octanol–water partition coefficient (Wildman–Crippen LogP) is 2.77. The molecule has 1 aromatic rings. The second-order valence-electron chi connectivity index (χ2n) is 6.12. The zero-order chi connectivity index (χ0) is 19.9. The number of piperidine rings is 1. The summed E-state index contributed by atoms with van der Waals surface area (Å²) >= 11 is 0. The molecular weight excluding hydrogens is 365 g/mol. The Morgan fingerprint density at radius 2 is 1.81 bits per heavy atom. The highest BCUT2D eigenvalue weighted by molar-refractivity contribution is 5.94. The van der Waals surface area contributed by atoms with E-state index in [4.69, 9.17) is 9.47 Å². The number of benzene rings is 1. The van der Waals surface area contributed by atoms with Gasteiger partial charge < -0.3 is 19.7 Å². The summed E-state index contributed by atoms with van der Waals surface area (Å²) in [6.07, 6.45) is -1.44. The summed E-state index contributed by atoms with van der Waals surface area (Å²) < 4.78 is 47.6. The van der Waals surface area contributed by atoms with E-state index in [1.54, 1.807) is 17.1 Å². The maximum Gasteiger partial charge on any atom is 0.405 e. The Bertz CT molecular complexity index is 658. The number of rotatable bonds is 7. The number of likely N-dealkylation sites (tertiary alicyclic amines) is 1. The van der Waals surface area contributed by atoms with Crippen molar-refractivity contribution in [3.05, 3.63) is 23.8 Å². The largest absolute Gasteiger partial charge is 0.490 e. The molecule has 1 N–H and O–H groups in total. The molecule has 1 saturated heterocycles. The number of nitrogens with one attached hydrogen (secondary N) is 1. The van der Waals surface area contributed by atoms with Gasteiger partial charge in [0.15, 0.2) is 18.1 Å². The molecule has 2 amide bonds. The first kappa shape index (κ1) is 20.9. The fourth-order valence-corrected chi connectivity index (χ4v) is 2.69. The Balaban J connectivity index is 2.01. The monoisotopic (exact) mass is 388 g/mol. The number of nitrogens with zero attached hydrogens (tertiary/aromatic N) is 1. The Labute approximate surface area is 155 Å². The van der Waals surface area contributed by atoms with Crippen molar-refractivity contribution in [1.29, 1.82) is 0 Å². The van der Waals surface area contributed by atoms with Gasteiger partial charge in [0.1, 0.15) is 6.54 Å². The van der Waals surface area contributed by atoms with E-state index in [0.29, 0.717) is 13.1 Å². The molecule has 1 fully saturated rings. The summed E-state index contributed by atoms with van der Waals surface area (Å²) in [4.78, 5) is 25.8. The number of halogens is 3. The van der Waals surface area contributed by atoms with Crippen LogP contribution in [0.15, 0.2) is 18.2 Å². The van der Waals surface area contributed by atoms with Gasteiger partial charge in [-0.15, -0.1) is 0 Å². The molecular formula is C18H23F3N2O4. The average molecular weight is 388 g/mol. The number of amides is 2. The highest BCUT2D eigenvalue weighted by Crippen LogP contribution is 2.29. The molecule has 0 radical (unpaired) electrons. The van der Waals surface area contributed by atoms with E-state index in [9.17, 15) is 22.8 Å². The van der Waals surface area contributed by atoms with Crippen LogP contribution in [0, 0.1) is 0 Å². The van der Waals surface area contributed by atoms with Crippen LogP contribution in [0.3, 0.4) is 0 Å². The third-order valence-electron chi connectivity index (χ3n) is 4.02. The van der Waals surface area contributed by atoms with E-state index in [0.717, 1.165) is 19.3 Å². The van der Waals surface area contributed by atoms with Gasteiger partial charge in [-0.05, 0) is 44.4 Å². The molecule has 1 heterocycles. The topological polar surface area (TPSA) is 67.9 Å². The van der Waals surface area contributed by atoms with Crippen molar-refractivity contribution < 1.29 is 32.2 Å². The van der Waals surface area contributed by atoms with E-state index >= 15 is 0 Å². The molecule has 0 bridgehead atoms. The molecule has 0 spiro atoms. The summed E-state index contributed by atoms with van der Waals surface area (Å²) in [6, 6.07) is 4.04. The Kier molecular flexibility index (Phi) is 7.32. The van der Waals surface area contributed by atoms with Crippen LogP contribution in [-0.4, -0.2) is 55.7 Å². The minimum Gasteiger partial charge on any atom is -0.490 e. The number of carbonyl (C=O) groups is 2. The fourth-order valence-electron chi connectivity index (χ4n) is 2.69. The maximum absolute atomic E-state index is 12.2. The number of hydrogen-bond acceptors (Lipinski definition) is 4. The van der Waals surface area contributed by atoms with Crippen molar-refractivity contribution in [2.45, 2.75) is 32.4 Å². The first-order valence-electron chi connectivity index (χ1n) is 8.82. The van der Waals surface area contributed by atoms with Crippen molar-refractivity contribution in [1.82, 2.24) is 10.2 Å². The molecule has 0 aliphatic carbocycles. The fraction of sp³-hybridized carbons (Fsp3) is 0.556. The summed E-state index contributed by atoms with van der Waals surface area (Å²) in [5.74, 6) is -0.549. The molecule has 1 aromatic carbocycles. The van der Waals surface area contributed by atoms with Gasteiger partial charge in [-0.25, -0.2) is 0 Å². The van der Waals surface area contributed by atoms with Crippen molar-refractivity contribution in [2.75, 3.05) is 32.8 Å². The molecule has 2 rings (SSSR count). The highest BCUT2D eigenvalue weighted by atomic mass is 19.4. The van der Waals surface area contributed by atoms with Crippen LogP contribution in [0.2, 0.25) is 0 Å². The van der Waals surface area contributed by atoms with Crippen LogP contribution in [0.4, 0.5) is 13.2 Å². The lowest BCUT2D eigenvalue weighted by molar-refractivity contribution is -0.134. The van der Waals surface area contributed by atoms with Gasteiger partial charge in [0.2, 0.25) is 0 Å². The maximum atomic E-state index is 12.2. The van der Waals surface area contributed by atoms with Crippen molar-refractivity contribution in [3.8, 4) is 11.5 Å². The smallest absolute Gasteiger partial charge is 0.405 e. The third kappa shape index (κ3) is 6.65. The van der Waals surface area contributed by atoms with Crippen LogP contribution >= 0.6 is 0 Å². The van der Waals surface area contributed by atoms with Crippen LogP contribution in [0.5, 0.6) is 11.5 Å². The Morgan fingerprint density at radius 1 is 1.11 bits per heavy atom. The minimum atomic E-state index is -4.49. The van der Waals surface area contributed by atoms with Crippen LogP contribution in [-0.2, 0) is 4.79 Å². The second-order valence-corrected chi connectivity index (χ2v) is 6.12. The van der Waals surface area contributed by atoms with Gasteiger partial charge in [-0.2, -0.15) is 13.2 Å². The summed E-state index contributed by atoms with van der Waals surface area (Å²) in [5, 5.41) is 1.80. The molecule has 6 nitrogen and oxygen atoms in total. The standard InChI is InChI=1S/C18H23F3N2O4/c1-2-26-15-10-13(17(25)22-12-18(19,20)21)6-7-14(15)27-11-16(24)23-8-4-3-5-9-23/h6-7,10H,2-5,8-9,11-12H2,1H3,(H,22,25). The summed E-state index contributed by atoms with van der Waals surface area (Å²) in [7, 11) is 0. The lowest BCUT2D eigenvalue weighted by Crippen LogP contribution is -2.38. The van der Waals surface area contributed by atoms with Crippen LogP contribution < -0.4 is 14.8 Å². The zero-order valence-corrected chi connectivity index (χ0v) is 15.1. The van der Waals surface area contributed by atoms with Crippen molar-refractivity contribution >= 4 is 11.8 Å². The van der Waals surface area contributed by atoms with Crippen LogP contribution in [0.1, 0.15) is 36.5 Å². The lowest BCUT2D eigenvalue weighted by atomic mass is 10.1. The molecule has 1 aliphatic rings. The molecule has 0 aromatic heterocycles. The number of ether oxygens (including phenoxy) is 2. The number of alkyl halides is 3. The molecule has 27 heavy (non-hydrogen) atoms. The molecule has 9 heteroatoms. The Hall–Kier alpha value is -2.45. The van der Waals surface area contributed by atoms with Crippen LogP contribution in [0.25, 0.3) is 0 Å². The lowest BCUT2D eigenvalue weighted by Gasteiger charge is -2.26. The van der Waals surface area contributed by atoms with Crippen molar-refractivity contribution in [3.63, 3.8) is 0 Å². The quantitative estimate of drug-likeness (QED) is 0.780. The normalized spacial score (nSPS) is 14.6. The third-order valence-corrected chi connectivity index (χ3v) is 4.02. The molecule has 0 atom stereocenters. The number of hydrogen-bond donors (Lipinski definition) is 1.